The van der Waals surface area contributed by atoms with Gasteiger partial charge >= 0.3 is 0 Å². The van der Waals surface area contributed by atoms with Gasteiger partial charge in [-0.25, -0.2) is 0 Å². The Morgan fingerprint density at radius 1 is 1.02 bits per heavy atom. The molecule has 5 rings (SSSR count). The van der Waals surface area contributed by atoms with Crippen molar-refractivity contribution in [3.05, 3.63) is 40.6 Å². The molecular weight excluding hydrogens is 560 g/mol. The first-order valence-corrected chi connectivity index (χ1v) is 15.7. The van der Waals surface area contributed by atoms with Crippen LogP contribution < -0.4 is 0 Å². The number of fused-ring (bicyclic) bond motifs is 3. The van der Waals surface area contributed by atoms with Gasteiger partial charge in [0.15, 0.2) is 28.7 Å². The average Bonchev–Trinajstić information content (AvgIpc) is 3.33. The summed E-state index contributed by atoms with van der Waals surface area (Å²) in [6.45, 7) is 16.2. The summed E-state index contributed by atoms with van der Waals surface area (Å²) in [7, 11) is 0. The van der Waals surface area contributed by atoms with Gasteiger partial charge in [0.2, 0.25) is 0 Å². The van der Waals surface area contributed by atoms with Crippen molar-refractivity contribution in [1.29, 1.82) is 0 Å². The molecule has 0 saturated heterocycles. The molecule has 1 heterocycles. The van der Waals surface area contributed by atoms with Gasteiger partial charge in [-0.2, -0.15) is 0 Å². The smallest absolute Gasteiger partial charge is 0.190 e. The molecule has 8 heteroatoms. The Balaban J connectivity index is 1.73. The van der Waals surface area contributed by atoms with Crippen molar-refractivity contribution < 1.29 is 38.6 Å². The van der Waals surface area contributed by atoms with Crippen molar-refractivity contribution in [2.24, 2.45) is 40.4 Å². The molecule has 44 heavy (non-hydrogen) atoms. The van der Waals surface area contributed by atoms with Crippen LogP contribution in [0.4, 0.5) is 0 Å². The van der Waals surface area contributed by atoms with E-state index in [0.29, 0.717) is 29.2 Å². The number of furan rings is 1. The second-order valence-electron chi connectivity index (χ2n) is 15.1. The Morgan fingerprint density at radius 3 is 2.20 bits per heavy atom. The number of Topliss-reactive ketones (excluding diaryl/α,β-unsaturated/α-hetero) is 5. The zero-order valence-corrected chi connectivity index (χ0v) is 27.2. The summed E-state index contributed by atoms with van der Waals surface area (Å²) in [4.78, 5) is 69.3. The Morgan fingerprint density at radius 2 is 1.66 bits per heavy atom. The van der Waals surface area contributed by atoms with Crippen LogP contribution in [0, 0.1) is 40.4 Å². The highest BCUT2D eigenvalue weighted by Gasteiger charge is 2.76. The van der Waals surface area contributed by atoms with E-state index in [2.05, 4.69) is 13.8 Å². The van der Waals surface area contributed by atoms with Crippen molar-refractivity contribution in [2.75, 3.05) is 0 Å². The number of rotatable bonds is 6. The van der Waals surface area contributed by atoms with E-state index in [1.807, 2.05) is 26.0 Å². The molecule has 236 valence electrons. The van der Waals surface area contributed by atoms with Gasteiger partial charge in [-0.3, -0.25) is 24.0 Å². The topological polar surface area (TPSA) is 139 Å². The molecule has 2 saturated carbocycles. The second kappa shape index (κ2) is 10.3. The summed E-state index contributed by atoms with van der Waals surface area (Å²) in [5, 5.41) is 23.9. The van der Waals surface area contributed by atoms with E-state index in [9.17, 15) is 34.2 Å². The van der Waals surface area contributed by atoms with Crippen LogP contribution in [0.2, 0.25) is 0 Å². The van der Waals surface area contributed by atoms with Gasteiger partial charge in [0, 0.05) is 17.8 Å². The Kier molecular flexibility index (Phi) is 7.52. The summed E-state index contributed by atoms with van der Waals surface area (Å²) in [6, 6.07) is 5.44. The van der Waals surface area contributed by atoms with Gasteiger partial charge in [0.25, 0.3) is 0 Å². The maximum atomic E-state index is 14.6. The van der Waals surface area contributed by atoms with E-state index < -0.39 is 63.1 Å². The van der Waals surface area contributed by atoms with Crippen LogP contribution in [0.1, 0.15) is 102 Å². The standard InChI is InChI=1S/C36H44O8/c1-16(2)12-20-10-11-24(44-20)22-13-21(17(3)4)23-14-34(8)15-35(9)27(18(5)6)30(39)25(19(7)37)32(41)36(35,43)33(42)28(34)31(40)26(23)29(22)38/h10-11,13,16-18,25,27-28,38,43H,12,14-15H2,1-9H3/t25?,27?,28?,34-,35-,36+/m1/s1. The minimum Gasteiger partial charge on any atom is -0.506 e. The Labute approximate surface area is 258 Å². The van der Waals surface area contributed by atoms with Crippen molar-refractivity contribution in [3.8, 4) is 17.1 Å². The lowest BCUT2D eigenvalue weighted by Gasteiger charge is -2.62. The third-order valence-electron chi connectivity index (χ3n) is 10.6. The maximum absolute atomic E-state index is 14.6. The third kappa shape index (κ3) is 4.23. The highest BCUT2D eigenvalue weighted by molar-refractivity contribution is 6.32. The van der Waals surface area contributed by atoms with Crippen LogP contribution in [-0.2, 0) is 32.0 Å². The third-order valence-corrected chi connectivity index (χ3v) is 10.6. The molecule has 0 amide bonds. The van der Waals surface area contributed by atoms with E-state index in [1.165, 1.54) is 0 Å². The van der Waals surface area contributed by atoms with Crippen LogP contribution in [-0.4, -0.2) is 44.7 Å². The minimum absolute atomic E-state index is 0.00102. The number of aromatic hydroxyl groups is 1. The van der Waals surface area contributed by atoms with E-state index in [0.717, 1.165) is 18.2 Å². The molecule has 3 aliphatic carbocycles. The molecule has 8 nitrogen and oxygen atoms in total. The largest absolute Gasteiger partial charge is 0.506 e. The fourth-order valence-corrected chi connectivity index (χ4v) is 8.97. The Bertz CT molecular complexity index is 1610. The van der Waals surface area contributed by atoms with Crippen molar-refractivity contribution in [1.82, 2.24) is 0 Å². The summed E-state index contributed by atoms with van der Waals surface area (Å²) in [5.41, 5.74) is -3.54. The van der Waals surface area contributed by atoms with Gasteiger partial charge in [0.1, 0.15) is 29.0 Å². The number of aliphatic hydroxyl groups is 1. The Hall–Kier alpha value is -3.39. The van der Waals surface area contributed by atoms with E-state index in [-0.39, 0.29) is 36.0 Å². The lowest BCUT2D eigenvalue weighted by molar-refractivity contribution is -0.205. The first-order valence-electron chi connectivity index (χ1n) is 15.7. The monoisotopic (exact) mass is 604 g/mol. The molecule has 0 bridgehead atoms. The number of hydrogen-bond acceptors (Lipinski definition) is 8. The lowest BCUT2D eigenvalue weighted by atomic mass is 9.39. The summed E-state index contributed by atoms with van der Waals surface area (Å²) in [5.74, 6) is -7.57. The predicted molar refractivity (Wildman–Crippen MR) is 163 cm³/mol. The lowest BCUT2D eigenvalue weighted by Crippen LogP contribution is -2.76. The molecule has 1 aromatic heterocycles. The van der Waals surface area contributed by atoms with Gasteiger partial charge in [-0.1, -0.05) is 55.4 Å². The number of phenolic OH excluding ortho intramolecular Hbond substituents is 1. The number of ketones is 5. The van der Waals surface area contributed by atoms with Crippen LogP contribution in [0.3, 0.4) is 0 Å². The molecule has 2 aromatic rings. The zero-order chi connectivity index (χ0) is 32.8. The van der Waals surface area contributed by atoms with Gasteiger partial charge in [-0.05, 0) is 72.3 Å². The van der Waals surface area contributed by atoms with Crippen LogP contribution in [0.5, 0.6) is 5.75 Å². The SMILES string of the molecule is CC(=O)C1C(=O)C(C(C)C)[C@@]2(C)C[C@@]3(C)Cc4c(C(C)C)cc(-c5ccc(CC(C)C)o5)c(O)c4C(=O)C3C(=O)[C@@]2(O)C1=O. The number of benzene rings is 1. The fraction of sp³-hybridized carbons (Fsp3) is 0.583. The highest BCUT2D eigenvalue weighted by atomic mass is 16.3. The first kappa shape index (κ1) is 32.0. The molecule has 2 fully saturated rings. The van der Waals surface area contributed by atoms with Crippen LogP contribution >= 0.6 is 0 Å². The summed E-state index contributed by atoms with van der Waals surface area (Å²) in [6.07, 6.45) is 0.945. The number of hydrogen-bond donors (Lipinski definition) is 2. The van der Waals surface area contributed by atoms with E-state index >= 15 is 0 Å². The number of carbonyl (C=O) groups is 5. The van der Waals surface area contributed by atoms with E-state index in [1.54, 1.807) is 33.8 Å². The quantitative estimate of drug-likeness (QED) is 0.402. The molecular formula is C36H44O8. The van der Waals surface area contributed by atoms with Crippen LogP contribution in [0.25, 0.3) is 11.3 Å². The minimum atomic E-state index is -2.72. The molecule has 6 atom stereocenters. The molecule has 1 aromatic carbocycles. The molecule has 0 aliphatic heterocycles. The fourth-order valence-electron chi connectivity index (χ4n) is 8.97. The van der Waals surface area contributed by atoms with E-state index in [4.69, 9.17) is 4.42 Å². The van der Waals surface area contributed by atoms with Gasteiger partial charge < -0.3 is 14.6 Å². The highest BCUT2D eigenvalue weighted by Crippen LogP contribution is 2.64. The number of carbonyl (C=O) groups excluding carboxylic acids is 5. The molecule has 0 radical (unpaired) electrons. The van der Waals surface area contributed by atoms with Gasteiger partial charge in [0.05, 0.1) is 17.0 Å². The summed E-state index contributed by atoms with van der Waals surface area (Å²) < 4.78 is 6.08. The maximum Gasteiger partial charge on any atom is 0.190 e. The second-order valence-corrected chi connectivity index (χ2v) is 15.1. The average molecular weight is 605 g/mol. The molecule has 3 unspecified atom stereocenters. The van der Waals surface area contributed by atoms with Crippen molar-refractivity contribution in [2.45, 2.75) is 93.1 Å². The predicted octanol–water partition coefficient (Wildman–Crippen LogP) is 5.67. The van der Waals surface area contributed by atoms with Crippen molar-refractivity contribution in [3.63, 3.8) is 0 Å². The van der Waals surface area contributed by atoms with Gasteiger partial charge in [-0.15, -0.1) is 0 Å². The summed E-state index contributed by atoms with van der Waals surface area (Å²) >= 11 is 0. The molecule has 3 aliphatic rings. The molecule has 2 N–H and O–H groups in total. The zero-order valence-electron chi connectivity index (χ0n) is 27.2. The first-order chi connectivity index (χ1) is 20.3. The normalized spacial score (nSPS) is 31.9. The number of phenols is 1. The van der Waals surface area contributed by atoms with Crippen LogP contribution in [0.15, 0.2) is 22.6 Å². The van der Waals surface area contributed by atoms with Crippen molar-refractivity contribution >= 4 is 28.9 Å². The molecule has 0 spiro atoms.